The van der Waals surface area contributed by atoms with E-state index in [-0.39, 0.29) is 11.5 Å². The van der Waals surface area contributed by atoms with Crippen LogP contribution in [0.1, 0.15) is 27.8 Å². The Balaban J connectivity index is 2.10. The molecule has 2 rings (SSSR count). The summed E-state index contributed by atoms with van der Waals surface area (Å²) in [4.78, 5) is 30.3. The van der Waals surface area contributed by atoms with Crippen molar-refractivity contribution in [2.45, 2.75) is 6.92 Å². The maximum Gasteiger partial charge on any atom is 0.363 e. The van der Waals surface area contributed by atoms with E-state index in [0.29, 0.717) is 11.3 Å². The highest BCUT2D eigenvalue weighted by atomic mass is 16.5. The number of rotatable bonds is 3. The number of ketones is 1. The van der Waals surface area contributed by atoms with E-state index in [9.17, 15) is 9.59 Å². The van der Waals surface area contributed by atoms with E-state index in [1.165, 1.54) is 25.5 Å². The first kappa shape index (κ1) is 11.9. The molecular weight excluding hydrogens is 232 g/mol. The quantitative estimate of drug-likeness (QED) is 0.467. The van der Waals surface area contributed by atoms with Crippen molar-refractivity contribution in [3.8, 4) is 5.75 Å². The molecule has 90 valence electrons. The van der Waals surface area contributed by atoms with Crippen LogP contribution in [-0.2, 0) is 0 Å². The Morgan fingerprint density at radius 3 is 2.39 bits per heavy atom. The summed E-state index contributed by atoms with van der Waals surface area (Å²) in [6.07, 6.45) is 4.21. The fourth-order valence-electron chi connectivity index (χ4n) is 1.32. The summed E-state index contributed by atoms with van der Waals surface area (Å²) in [6, 6.07) is 6.32. The minimum atomic E-state index is -0.585. The van der Waals surface area contributed by atoms with Gasteiger partial charge in [-0.15, -0.1) is 0 Å². The first-order chi connectivity index (χ1) is 8.66. The van der Waals surface area contributed by atoms with Crippen molar-refractivity contribution in [2.75, 3.05) is 0 Å². The van der Waals surface area contributed by atoms with Crippen LogP contribution in [-0.4, -0.2) is 21.7 Å². The third-order valence-corrected chi connectivity index (χ3v) is 2.24. The lowest BCUT2D eigenvalue weighted by atomic mass is 10.1. The Morgan fingerprint density at radius 1 is 1.11 bits per heavy atom. The Morgan fingerprint density at radius 2 is 1.83 bits per heavy atom. The zero-order valence-electron chi connectivity index (χ0n) is 9.66. The summed E-state index contributed by atoms with van der Waals surface area (Å²) in [6.45, 7) is 1.47. The number of benzene rings is 1. The molecule has 0 spiro atoms. The fraction of sp³-hybridized carbons (Fsp3) is 0.0769. The molecular formula is C13H10N2O3. The van der Waals surface area contributed by atoms with Gasteiger partial charge >= 0.3 is 5.97 Å². The molecule has 1 heterocycles. The van der Waals surface area contributed by atoms with Gasteiger partial charge in [0, 0.05) is 18.0 Å². The average Bonchev–Trinajstić information content (AvgIpc) is 2.40. The molecule has 0 aliphatic carbocycles. The number of esters is 1. The van der Waals surface area contributed by atoms with Crippen LogP contribution in [0.25, 0.3) is 0 Å². The lowest BCUT2D eigenvalue weighted by Gasteiger charge is -2.03. The molecule has 1 aromatic heterocycles. The fourth-order valence-corrected chi connectivity index (χ4v) is 1.32. The molecule has 0 bridgehead atoms. The summed E-state index contributed by atoms with van der Waals surface area (Å²) in [7, 11) is 0. The number of carbonyl (C=O) groups excluding carboxylic acids is 2. The topological polar surface area (TPSA) is 69.2 Å². The largest absolute Gasteiger partial charge is 0.422 e. The average molecular weight is 242 g/mol. The van der Waals surface area contributed by atoms with Crippen molar-refractivity contribution in [2.24, 2.45) is 0 Å². The molecule has 0 aliphatic heterocycles. The van der Waals surface area contributed by atoms with Crippen molar-refractivity contribution in [3.63, 3.8) is 0 Å². The first-order valence-corrected chi connectivity index (χ1v) is 5.26. The van der Waals surface area contributed by atoms with Gasteiger partial charge in [-0.2, -0.15) is 0 Å². The maximum atomic E-state index is 11.6. The molecule has 1 aromatic carbocycles. The molecule has 0 saturated carbocycles. The molecule has 0 unspecified atom stereocenters. The lowest BCUT2D eigenvalue weighted by molar-refractivity contribution is 0.0728. The second kappa shape index (κ2) is 5.18. The van der Waals surface area contributed by atoms with Gasteiger partial charge in [-0.25, -0.2) is 9.78 Å². The molecule has 0 fully saturated rings. The third kappa shape index (κ3) is 2.76. The predicted molar refractivity (Wildman–Crippen MR) is 63.4 cm³/mol. The van der Waals surface area contributed by atoms with E-state index in [2.05, 4.69) is 9.97 Å². The van der Waals surface area contributed by atoms with Crippen molar-refractivity contribution in [1.29, 1.82) is 0 Å². The molecule has 0 aliphatic rings. The predicted octanol–water partition coefficient (Wildman–Crippen LogP) is 1.90. The van der Waals surface area contributed by atoms with Crippen LogP contribution in [0.3, 0.4) is 0 Å². The van der Waals surface area contributed by atoms with E-state index in [1.54, 1.807) is 24.3 Å². The van der Waals surface area contributed by atoms with Gasteiger partial charge in [-0.05, 0) is 31.2 Å². The van der Waals surface area contributed by atoms with Gasteiger partial charge < -0.3 is 4.74 Å². The number of hydrogen-bond donors (Lipinski definition) is 0. The summed E-state index contributed by atoms with van der Waals surface area (Å²) in [5.74, 6) is -0.267. The highest BCUT2D eigenvalue weighted by Gasteiger charge is 2.10. The Kier molecular flexibility index (Phi) is 3.43. The van der Waals surface area contributed by atoms with Crippen molar-refractivity contribution < 1.29 is 14.3 Å². The number of carbonyl (C=O) groups is 2. The van der Waals surface area contributed by atoms with Crippen LogP contribution in [0.15, 0.2) is 42.9 Å². The molecule has 0 radical (unpaired) electrons. The standard InChI is InChI=1S/C13H10N2O3/c1-9(16)10-2-4-11(5-3-10)18-13(17)12-8-14-6-7-15-12/h2-8H,1H3. The molecule has 2 aromatic rings. The zero-order chi connectivity index (χ0) is 13.0. The van der Waals surface area contributed by atoms with Crippen LogP contribution < -0.4 is 4.74 Å². The van der Waals surface area contributed by atoms with Gasteiger partial charge in [0.25, 0.3) is 0 Å². The highest BCUT2D eigenvalue weighted by molar-refractivity contribution is 5.94. The van der Waals surface area contributed by atoms with E-state index in [0.717, 1.165) is 0 Å². The smallest absolute Gasteiger partial charge is 0.363 e. The normalized spacial score (nSPS) is 9.83. The molecule has 5 heteroatoms. The Hall–Kier alpha value is -2.56. The zero-order valence-corrected chi connectivity index (χ0v) is 9.66. The van der Waals surface area contributed by atoms with Gasteiger partial charge in [-0.3, -0.25) is 9.78 Å². The van der Waals surface area contributed by atoms with Crippen LogP contribution in [0.4, 0.5) is 0 Å². The van der Waals surface area contributed by atoms with Crippen LogP contribution in [0.2, 0.25) is 0 Å². The minimum absolute atomic E-state index is 0.0400. The molecule has 0 N–H and O–H groups in total. The number of aromatic nitrogens is 2. The summed E-state index contributed by atoms with van der Waals surface area (Å²) in [5.41, 5.74) is 0.697. The second-order valence-electron chi connectivity index (χ2n) is 3.56. The Labute approximate surface area is 103 Å². The van der Waals surface area contributed by atoms with Gasteiger partial charge in [0.2, 0.25) is 0 Å². The van der Waals surface area contributed by atoms with E-state index >= 15 is 0 Å². The number of ether oxygens (including phenoxy) is 1. The van der Waals surface area contributed by atoms with E-state index in [4.69, 9.17) is 4.74 Å². The van der Waals surface area contributed by atoms with Crippen molar-refractivity contribution in [1.82, 2.24) is 9.97 Å². The van der Waals surface area contributed by atoms with Gasteiger partial charge in [0.15, 0.2) is 11.5 Å². The molecule has 5 nitrogen and oxygen atoms in total. The number of Topliss-reactive ketones (excluding diaryl/α,β-unsaturated/α-hetero) is 1. The SMILES string of the molecule is CC(=O)c1ccc(OC(=O)c2cnccn2)cc1. The monoisotopic (exact) mass is 242 g/mol. The summed E-state index contributed by atoms with van der Waals surface area (Å²) in [5, 5.41) is 0. The number of nitrogens with zero attached hydrogens (tertiary/aromatic N) is 2. The highest BCUT2D eigenvalue weighted by Crippen LogP contribution is 2.13. The number of hydrogen-bond acceptors (Lipinski definition) is 5. The maximum absolute atomic E-state index is 11.6. The minimum Gasteiger partial charge on any atom is -0.422 e. The summed E-state index contributed by atoms with van der Waals surface area (Å²) < 4.78 is 5.08. The molecule has 0 amide bonds. The second-order valence-corrected chi connectivity index (χ2v) is 3.56. The first-order valence-electron chi connectivity index (χ1n) is 5.26. The van der Waals surface area contributed by atoms with Crippen LogP contribution in [0.5, 0.6) is 5.75 Å². The lowest BCUT2D eigenvalue weighted by Crippen LogP contribution is -2.10. The van der Waals surface area contributed by atoms with Crippen LogP contribution >= 0.6 is 0 Å². The Bertz CT molecular complexity index is 565. The third-order valence-electron chi connectivity index (χ3n) is 2.24. The van der Waals surface area contributed by atoms with Crippen LogP contribution in [0, 0.1) is 0 Å². The van der Waals surface area contributed by atoms with Crippen molar-refractivity contribution >= 4 is 11.8 Å². The molecule has 0 saturated heterocycles. The molecule has 0 atom stereocenters. The van der Waals surface area contributed by atoms with Gasteiger partial charge in [0.1, 0.15) is 5.75 Å². The van der Waals surface area contributed by atoms with E-state index in [1.807, 2.05) is 0 Å². The van der Waals surface area contributed by atoms with Crippen molar-refractivity contribution in [3.05, 3.63) is 54.1 Å². The van der Waals surface area contributed by atoms with Gasteiger partial charge in [0.05, 0.1) is 6.20 Å². The summed E-state index contributed by atoms with van der Waals surface area (Å²) >= 11 is 0. The van der Waals surface area contributed by atoms with Gasteiger partial charge in [-0.1, -0.05) is 0 Å². The van der Waals surface area contributed by atoms with E-state index < -0.39 is 5.97 Å². The molecule has 18 heavy (non-hydrogen) atoms.